The number of halogens is 4. The van der Waals surface area contributed by atoms with Crippen molar-refractivity contribution >= 4 is 17.4 Å². The molecule has 0 fully saturated rings. The second-order valence-corrected chi connectivity index (χ2v) is 4.91. The summed E-state index contributed by atoms with van der Waals surface area (Å²) in [5.74, 6) is 0.870. The van der Waals surface area contributed by atoms with Crippen LogP contribution in [-0.2, 0) is 12.6 Å². The molecule has 1 N–H and O–H groups in total. The predicted octanol–water partition coefficient (Wildman–Crippen LogP) is 4.18. The number of aryl methyl sites for hydroxylation is 1. The van der Waals surface area contributed by atoms with Gasteiger partial charge >= 0.3 is 6.18 Å². The van der Waals surface area contributed by atoms with Crippen molar-refractivity contribution < 1.29 is 17.6 Å². The number of furan rings is 1. The molecule has 0 saturated carbocycles. The predicted molar refractivity (Wildman–Crippen MR) is 72.2 cm³/mol. The van der Waals surface area contributed by atoms with E-state index in [4.69, 9.17) is 16.0 Å². The van der Waals surface area contributed by atoms with Crippen LogP contribution in [0.3, 0.4) is 0 Å². The highest BCUT2D eigenvalue weighted by Crippen LogP contribution is 2.29. The summed E-state index contributed by atoms with van der Waals surface area (Å²) in [5, 5.41) is 2.44. The van der Waals surface area contributed by atoms with E-state index in [0.29, 0.717) is 12.8 Å². The maximum absolute atomic E-state index is 12.6. The fourth-order valence-corrected chi connectivity index (χ4v) is 1.96. The molecule has 0 bridgehead atoms. The van der Waals surface area contributed by atoms with Crippen LogP contribution in [-0.4, -0.2) is 16.0 Å². The third kappa shape index (κ3) is 4.63. The van der Waals surface area contributed by atoms with Crippen LogP contribution >= 0.6 is 11.6 Å². The molecule has 21 heavy (non-hydrogen) atoms. The van der Waals surface area contributed by atoms with Crippen LogP contribution < -0.4 is 5.32 Å². The number of hydrogen-bond donors (Lipinski definition) is 1. The van der Waals surface area contributed by atoms with Gasteiger partial charge in [-0.3, -0.25) is 0 Å². The van der Waals surface area contributed by atoms with Crippen molar-refractivity contribution in [2.45, 2.75) is 32.0 Å². The summed E-state index contributed by atoms with van der Waals surface area (Å²) in [7, 11) is 0. The molecule has 2 aromatic rings. The van der Waals surface area contributed by atoms with Gasteiger partial charge in [0, 0.05) is 18.5 Å². The third-order valence-corrected chi connectivity index (χ3v) is 2.96. The lowest BCUT2D eigenvalue weighted by atomic mass is 10.1. The van der Waals surface area contributed by atoms with E-state index in [1.54, 1.807) is 12.3 Å². The van der Waals surface area contributed by atoms with E-state index in [-0.39, 0.29) is 11.9 Å². The monoisotopic (exact) mass is 319 g/mol. The Morgan fingerprint density at radius 1 is 1.38 bits per heavy atom. The zero-order valence-electron chi connectivity index (χ0n) is 11.1. The first-order chi connectivity index (χ1) is 9.84. The van der Waals surface area contributed by atoms with Gasteiger partial charge < -0.3 is 9.73 Å². The van der Waals surface area contributed by atoms with Crippen molar-refractivity contribution in [3.63, 3.8) is 0 Å². The molecular formula is C13H13ClF3N3O. The second kappa shape index (κ2) is 6.34. The zero-order chi connectivity index (χ0) is 15.5. The number of rotatable bonds is 5. The smallest absolute Gasteiger partial charge is 0.433 e. The number of anilines is 1. The van der Waals surface area contributed by atoms with Crippen molar-refractivity contribution in [1.29, 1.82) is 0 Å². The Morgan fingerprint density at radius 3 is 2.76 bits per heavy atom. The molecule has 0 aromatic carbocycles. The molecular weight excluding hydrogens is 307 g/mol. The summed E-state index contributed by atoms with van der Waals surface area (Å²) in [6.45, 7) is 1.84. The highest BCUT2D eigenvalue weighted by atomic mass is 35.5. The SMILES string of the molecule is CC(CCc1ccco1)Nc1cc(C(F)(F)F)nc(Cl)n1. The maximum atomic E-state index is 12.6. The van der Waals surface area contributed by atoms with Gasteiger partial charge in [0.05, 0.1) is 6.26 Å². The van der Waals surface area contributed by atoms with E-state index < -0.39 is 17.2 Å². The van der Waals surface area contributed by atoms with Gasteiger partial charge in [-0.2, -0.15) is 13.2 Å². The van der Waals surface area contributed by atoms with Gasteiger partial charge in [0.2, 0.25) is 5.28 Å². The molecule has 1 atom stereocenters. The van der Waals surface area contributed by atoms with Crippen LogP contribution in [0.5, 0.6) is 0 Å². The molecule has 2 aromatic heterocycles. The highest BCUT2D eigenvalue weighted by molar-refractivity contribution is 6.28. The lowest BCUT2D eigenvalue weighted by Gasteiger charge is -2.15. The fourth-order valence-electron chi connectivity index (χ4n) is 1.78. The van der Waals surface area contributed by atoms with Crippen LogP contribution in [0.2, 0.25) is 5.28 Å². The van der Waals surface area contributed by atoms with Crippen molar-refractivity contribution in [2.75, 3.05) is 5.32 Å². The van der Waals surface area contributed by atoms with E-state index in [1.165, 1.54) is 0 Å². The average Bonchev–Trinajstić information content (AvgIpc) is 2.87. The number of nitrogens with zero attached hydrogens (tertiary/aromatic N) is 2. The van der Waals surface area contributed by atoms with E-state index in [9.17, 15) is 13.2 Å². The lowest BCUT2D eigenvalue weighted by molar-refractivity contribution is -0.141. The van der Waals surface area contributed by atoms with Crippen molar-refractivity contribution in [2.24, 2.45) is 0 Å². The Balaban J connectivity index is 2.00. The molecule has 0 saturated heterocycles. The topological polar surface area (TPSA) is 51.0 Å². The molecule has 0 aliphatic carbocycles. The number of hydrogen-bond acceptors (Lipinski definition) is 4. The number of nitrogens with one attached hydrogen (secondary N) is 1. The summed E-state index contributed by atoms with van der Waals surface area (Å²) in [5.41, 5.74) is -1.07. The van der Waals surface area contributed by atoms with Crippen LogP contribution in [0, 0.1) is 0 Å². The standard InChI is InChI=1S/C13H13ClF3N3O/c1-8(4-5-9-3-2-6-21-9)18-11-7-10(13(15,16)17)19-12(14)20-11/h2-3,6-8H,4-5H2,1H3,(H,18,19,20). The summed E-state index contributed by atoms with van der Waals surface area (Å²) in [6, 6.07) is 4.38. The molecule has 0 radical (unpaired) electrons. The minimum atomic E-state index is -4.56. The quantitative estimate of drug-likeness (QED) is 0.840. The Bertz CT molecular complexity index is 587. The summed E-state index contributed by atoms with van der Waals surface area (Å²) < 4.78 is 43.1. The first kappa shape index (κ1) is 15.6. The van der Waals surface area contributed by atoms with Crippen molar-refractivity contribution in [3.05, 3.63) is 41.2 Å². The Kier molecular flexibility index (Phi) is 4.72. The first-order valence-corrected chi connectivity index (χ1v) is 6.63. The third-order valence-electron chi connectivity index (χ3n) is 2.79. The van der Waals surface area contributed by atoms with Crippen molar-refractivity contribution in [1.82, 2.24) is 9.97 Å². The molecule has 2 heterocycles. The van der Waals surface area contributed by atoms with Gasteiger partial charge in [0.25, 0.3) is 0 Å². The summed E-state index contributed by atoms with van der Waals surface area (Å²) >= 11 is 5.52. The summed E-state index contributed by atoms with van der Waals surface area (Å²) in [6.07, 6.45) is -1.63. The Hall–Kier alpha value is -1.76. The largest absolute Gasteiger partial charge is 0.469 e. The van der Waals surface area contributed by atoms with Gasteiger partial charge in [0.15, 0.2) is 5.69 Å². The Morgan fingerprint density at radius 2 is 2.14 bits per heavy atom. The molecule has 2 rings (SSSR count). The minimum Gasteiger partial charge on any atom is -0.469 e. The van der Waals surface area contributed by atoms with Gasteiger partial charge in [-0.05, 0) is 37.1 Å². The molecule has 114 valence electrons. The first-order valence-electron chi connectivity index (χ1n) is 6.25. The van der Waals surface area contributed by atoms with E-state index in [0.717, 1.165) is 11.8 Å². The molecule has 0 spiro atoms. The average molecular weight is 320 g/mol. The lowest BCUT2D eigenvalue weighted by Crippen LogP contribution is -2.18. The summed E-state index contributed by atoms with van der Waals surface area (Å²) in [4.78, 5) is 6.93. The molecule has 0 amide bonds. The number of aromatic nitrogens is 2. The van der Waals surface area contributed by atoms with Crippen LogP contribution in [0.1, 0.15) is 24.8 Å². The van der Waals surface area contributed by atoms with Crippen LogP contribution in [0.15, 0.2) is 28.9 Å². The Labute approximate surface area is 124 Å². The van der Waals surface area contributed by atoms with Gasteiger partial charge in [0.1, 0.15) is 11.6 Å². The molecule has 0 aliphatic rings. The normalized spacial score (nSPS) is 13.2. The van der Waals surface area contributed by atoms with Crippen molar-refractivity contribution in [3.8, 4) is 0 Å². The molecule has 8 heteroatoms. The van der Waals surface area contributed by atoms with Gasteiger partial charge in [-0.25, -0.2) is 9.97 Å². The van der Waals surface area contributed by atoms with E-state index >= 15 is 0 Å². The second-order valence-electron chi connectivity index (χ2n) is 4.57. The molecule has 4 nitrogen and oxygen atoms in total. The van der Waals surface area contributed by atoms with Crippen LogP contribution in [0.25, 0.3) is 0 Å². The minimum absolute atomic E-state index is 0.0502. The van der Waals surface area contributed by atoms with Crippen LogP contribution in [0.4, 0.5) is 19.0 Å². The fraction of sp³-hybridized carbons (Fsp3) is 0.385. The van der Waals surface area contributed by atoms with Gasteiger partial charge in [-0.1, -0.05) is 0 Å². The number of alkyl halides is 3. The molecule has 1 unspecified atom stereocenters. The van der Waals surface area contributed by atoms with E-state index in [1.807, 2.05) is 13.0 Å². The molecule has 0 aliphatic heterocycles. The highest BCUT2D eigenvalue weighted by Gasteiger charge is 2.33. The maximum Gasteiger partial charge on any atom is 0.433 e. The zero-order valence-corrected chi connectivity index (χ0v) is 11.9. The van der Waals surface area contributed by atoms with E-state index in [2.05, 4.69) is 15.3 Å². The van der Waals surface area contributed by atoms with Gasteiger partial charge in [-0.15, -0.1) is 0 Å².